The Bertz CT molecular complexity index is 851. The summed E-state index contributed by atoms with van der Waals surface area (Å²) in [5.74, 6) is 1.11. The van der Waals surface area contributed by atoms with Crippen molar-refractivity contribution in [1.29, 1.82) is 5.26 Å². The zero-order chi connectivity index (χ0) is 14.8. The highest BCUT2D eigenvalue weighted by Gasteiger charge is 2.13. The molecule has 0 unspecified atom stereocenters. The van der Waals surface area contributed by atoms with Gasteiger partial charge in [0, 0.05) is 6.07 Å². The summed E-state index contributed by atoms with van der Waals surface area (Å²) in [6, 6.07) is 6.84. The third-order valence-electron chi connectivity index (χ3n) is 2.77. The first-order valence-corrected chi connectivity index (χ1v) is 5.94. The molecule has 0 saturated heterocycles. The van der Waals surface area contributed by atoms with E-state index in [9.17, 15) is 0 Å². The molecule has 0 aliphatic carbocycles. The normalized spacial score (nSPS) is 10.3. The van der Waals surface area contributed by atoms with Crippen molar-refractivity contribution in [2.45, 2.75) is 0 Å². The number of H-pyrrole nitrogens is 1. The minimum atomic E-state index is 0.0530. The van der Waals surface area contributed by atoms with E-state index in [2.05, 4.69) is 19.9 Å². The second kappa shape index (κ2) is 4.97. The Labute approximate surface area is 119 Å². The van der Waals surface area contributed by atoms with Crippen LogP contribution in [0.2, 0.25) is 0 Å². The zero-order valence-electron chi connectivity index (χ0n) is 11.0. The number of rotatable bonds is 3. The van der Waals surface area contributed by atoms with E-state index in [4.69, 9.17) is 20.5 Å². The molecule has 2 heterocycles. The molecule has 0 spiro atoms. The van der Waals surface area contributed by atoms with E-state index in [1.807, 2.05) is 6.07 Å². The van der Waals surface area contributed by atoms with Crippen molar-refractivity contribution in [3.63, 3.8) is 0 Å². The molecule has 0 saturated carbocycles. The second-order valence-electron chi connectivity index (χ2n) is 4.07. The number of imidazole rings is 1. The van der Waals surface area contributed by atoms with Gasteiger partial charge in [-0.3, -0.25) is 0 Å². The highest BCUT2D eigenvalue weighted by molar-refractivity contribution is 5.77. The molecule has 2 aromatic heterocycles. The molecule has 0 bridgehead atoms. The number of nitrogens with zero attached hydrogens (tertiary/aromatic N) is 4. The third kappa shape index (κ3) is 2.28. The molecule has 0 radical (unpaired) electrons. The predicted molar refractivity (Wildman–Crippen MR) is 73.9 cm³/mol. The fourth-order valence-corrected chi connectivity index (χ4v) is 1.82. The van der Waals surface area contributed by atoms with Gasteiger partial charge in [0.05, 0.1) is 25.1 Å². The maximum Gasteiger partial charge on any atom is 0.250 e. The number of methoxy groups -OCH3 is 1. The summed E-state index contributed by atoms with van der Waals surface area (Å²) in [5, 5.41) is 8.89. The Morgan fingerprint density at radius 1 is 1.29 bits per heavy atom. The van der Waals surface area contributed by atoms with Crippen molar-refractivity contribution in [1.82, 2.24) is 19.9 Å². The Balaban J connectivity index is 2.06. The van der Waals surface area contributed by atoms with E-state index < -0.39 is 0 Å². The molecule has 8 nitrogen and oxygen atoms in total. The first kappa shape index (κ1) is 12.7. The number of fused-ring (bicyclic) bond motifs is 1. The summed E-state index contributed by atoms with van der Waals surface area (Å²) >= 11 is 0. The molecule has 3 aromatic rings. The monoisotopic (exact) mass is 282 g/mol. The fourth-order valence-electron chi connectivity index (χ4n) is 1.82. The van der Waals surface area contributed by atoms with Gasteiger partial charge in [0.2, 0.25) is 5.95 Å². The molecule has 1 aromatic carbocycles. The van der Waals surface area contributed by atoms with Crippen LogP contribution in [0.4, 0.5) is 5.95 Å². The van der Waals surface area contributed by atoms with Crippen LogP contribution in [0.3, 0.4) is 0 Å². The van der Waals surface area contributed by atoms with Crippen LogP contribution in [0, 0.1) is 11.3 Å². The van der Waals surface area contributed by atoms with Gasteiger partial charge in [-0.15, -0.1) is 0 Å². The van der Waals surface area contributed by atoms with Crippen LogP contribution in [0.15, 0.2) is 24.5 Å². The van der Waals surface area contributed by atoms with Gasteiger partial charge in [0.1, 0.15) is 5.52 Å². The molecule has 0 atom stereocenters. The van der Waals surface area contributed by atoms with Crippen LogP contribution in [0.1, 0.15) is 5.56 Å². The molecular formula is C13H10N6O2. The molecule has 0 fully saturated rings. The summed E-state index contributed by atoms with van der Waals surface area (Å²) in [7, 11) is 1.49. The van der Waals surface area contributed by atoms with Crippen LogP contribution in [0.5, 0.6) is 17.4 Å². The Morgan fingerprint density at radius 3 is 2.90 bits per heavy atom. The predicted octanol–water partition coefficient (Wildman–Crippen LogP) is 1.61. The minimum absolute atomic E-state index is 0.0530. The number of hydrogen-bond donors (Lipinski definition) is 2. The van der Waals surface area contributed by atoms with E-state index in [-0.39, 0.29) is 11.8 Å². The fraction of sp³-hybridized carbons (Fsp3) is 0.0769. The van der Waals surface area contributed by atoms with Gasteiger partial charge in [-0.25, -0.2) is 4.98 Å². The number of aromatic amines is 1. The number of benzene rings is 1. The third-order valence-corrected chi connectivity index (χ3v) is 2.77. The molecule has 0 aliphatic rings. The van der Waals surface area contributed by atoms with Gasteiger partial charge in [-0.05, 0) is 12.1 Å². The summed E-state index contributed by atoms with van der Waals surface area (Å²) < 4.78 is 10.9. The smallest absolute Gasteiger partial charge is 0.250 e. The van der Waals surface area contributed by atoms with Crippen LogP contribution < -0.4 is 15.2 Å². The van der Waals surface area contributed by atoms with Gasteiger partial charge in [0.15, 0.2) is 17.1 Å². The summed E-state index contributed by atoms with van der Waals surface area (Å²) in [6.07, 6.45) is 1.47. The first-order valence-electron chi connectivity index (χ1n) is 5.94. The average molecular weight is 282 g/mol. The van der Waals surface area contributed by atoms with E-state index in [1.165, 1.54) is 13.4 Å². The number of ether oxygens (including phenoxy) is 2. The Hall–Kier alpha value is -3.34. The maximum atomic E-state index is 8.89. The quantitative estimate of drug-likeness (QED) is 0.747. The molecule has 0 aliphatic heterocycles. The van der Waals surface area contributed by atoms with Gasteiger partial charge in [0.25, 0.3) is 5.88 Å². The van der Waals surface area contributed by atoms with Crippen LogP contribution in [-0.4, -0.2) is 27.0 Å². The topological polar surface area (TPSA) is 123 Å². The number of nitrogens with two attached hydrogens (primary N) is 1. The average Bonchev–Trinajstić information content (AvgIpc) is 2.96. The van der Waals surface area contributed by atoms with Gasteiger partial charge >= 0.3 is 0 Å². The molecule has 8 heteroatoms. The minimum Gasteiger partial charge on any atom is -0.493 e. The van der Waals surface area contributed by atoms with Crippen LogP contribution in [0.25, 0.3) is 11.2 Å². The number of hydrogen-bond acceptors (Lipinski definition) is 7. The van der Waals surface area contributed by atoms with E-state index in [0.29, 0.717) is 28.2 Å². The van der Waals surface area contributed by atoms with Crippen LogP contribution >= 0.6 is 0 Å². The second-order valence-corrected chi connectivity index (χ2v) is 4.07. The lowest BCUT2D eigenvalue weighted by Gasteiger charge is -2.10. The van der Waals surface area contributed by atoms with E-state index >= 15 is 0 Å². The highest BCUT2D eigenvalue weighted by atomic mass is 16.5. The lowest BCUT2D eigenvalue weighted by molar-refractivity contribution is 0.375. The van der Waals surface area contributed by atoms with Gasteiger partial charge in [-0.1, -0.05) is 0 Å². The van der Waals surface area contributed by atoms with Gasteiger partial charge < -0.3 is 20.2 Å². The molecule has 3 N–H and O–H groups in total. The zero-order valence-corrected chi connectivity index (χ0v) is 11.0. The summed E-state index contributed by atoms with van der Waals surface area (Å²) in [5.41, 5.74) is 7.02. The van der Waals surface area contributed by atoms with E-state index in [1.54, 1.807) is 18.2 Å². The van der Waals surface area contributed by atoms with Crippen molar-refractivity contribution < 1.29 is 9.47 Å². The lowest BCUT2D eigenvalue weighted by atomic mass is 10.2. The van der Waals surface area contributed by atoms with Crippen molar-refractivity contribution >= 4 is 17.1 Å². The Kier molecular flexibility index (Phi) is 3.00. The molecule has 3 rings (SSSR count). The lowest BCUT2D eigenvalue weighted by Crippen LogP contribution is -1.99. The standard InChI is InChI=1S/C13H10N6O2/c1-20-9-4-7(5-14)2-3-8(9)21-12-10-11(17-6-16-10)18-13(15)19-12/h2-4,6H,1H3,(H3,15,16,17,18,19). The number of nitrogen functional groups attached to an aromatic ring is 1. The van der Waals surface area contributed by atoms with Crippen LogP contribution in [-0.2, 0) is 0 Å². The van der Waals surface area contributed by atoms with Crippen molar-refractivity contribution in [3.05, 3.63) is 30.1 Å². The number of anilines is 1. The molecule has 21 heavy (non-hydrogen) atoms. The number of aromatic nitrogens is 4. The summed E-state index contributed by atoms with van der Waals surface area (Å²) in [4.78, 5) is 14.9. The molecule has 0 amide bonds. The van der Waals surface area contributed by atoms with Crippen molar-refractivity contribution in [2.24, 2.45) is 0 Å². The van der Waals surface area contributed by atoms with Crippen molar-refractivity contribution in [3.8, 4) is 23.4 Å². The number of nitriles is 1. The molecular weight excluding hydrogens is 272 g/mol. The Morgan fingerprint density at radius 2 is 2.14 bits per heavy atom. The largest absolute Gasteiger partial charge is 0.493 e. The SMILES string of the molecule is COc1cc(C#N)ccc1Oc1nc(N)nc2nc[nH]c12. The van der Waals surface area contributed by atoms with Crippen molar-refractivity contribution in [2.75, 3.05) is 12.8 Å². The van der Waals surface area contributed by atoms with E-state index in [0.717, 1.165) is 0 Å². The summed E-state index contributed by atoms with van der Waals surface area (Å²) in [6.45, 7) is 0. The maximum absolute atomic E-state index is 8.89. The number of nitrogens with one attached hydrogen (secondary N) is 1. The highest BCUT2D eigenvalue weighted by Crippen LogP contribution is 2.33. The van der Waals surface area contributed by atoms with Gasteiger partial charge in [-0.2, -0.15) is 15.2 Å². The first-order chi connectivity index (χ1) is 10.2. The molecule has 104 valence electrons.